The van der Waals surface area contributed by atoms with Gasteiger partial charge in [-0.1, -0.05) is 61.8 Å². The van der Waals surface area contributed by atoms with Crippen LogP contribution in [0.4, 0.5) is 0 Å². The number of halogens is 1. The first-order valence-corrected chi connectivity index (χ1v) is 12.4. The van der Waals surface area contributed by atoms with E-state index in [0.29, 0.717) is 59.9 Å². The van der Waals surface area contributed by atoms with Gasteiger partial charge in [-0.25, -0.2) is 8.42 Å². The molecule has 1 saturated heterocycles. The smallest absolute Gasteiger partial charge is 0.259 e. The minimum absolute atomic E-state index is 0.0191. The van der Waals surface area contributed by atoms with Crippen LogP contribution in [0.15, 0.2) is 57.9 Å². The van der Waals surface area contributed by atoms with Crippen molar-refractivity contribution in [3.05, 3.63) is 64.9 Å². The first-order chi connectivity index (χ1) is 15.1. The molecule has 0 atom stereocenters. The van der Waals surface area contributed by atoms with Gasteiger partial charge in [-0.2, -0.15) is 9.29 Å². The van der Waals surface area contributed by atoms with Gasteiger partial charge in [-0.15, -0.1) is 0 Å². The van der Waals surface area contributed by atoms with E-state index in [0.717, 1.165) is 5.56 Å². The number of piperazine rings is 1. The predicted octanol–water partition coefficient (Wildman–Crippen LogP) is 4.19. The first-order valence-electron chi connectivity index (χ1n) is 10.5. The van der Waals surface area contributed by atoms with Gasteiger partial charge in [0.2, 0.25) is 10.0 Å². The number of hydrogen-bond donors (Lipinski definition) is 0. The third kappa shape index (κ3) is 4.88. The van der Waals surface area contributed by atoms with E-state index in [4.69, 9.17) is 16.1 Å². The Balaban J connectivity index is 1.37. The summed E-state index contributed by atoms with van der Waals surface area (Å²) < 4.78 is 33.0. The van der Waals surface area contributed by atoms with Crippen LogP contribution in [-0.2, 0) is 22.0 Å². The van der Waals surface area contributed by atoms with Crippen LogP contribution in [0.1, 0.15) is 32.2 Å². The number of sulfonamides is 1. The van der Waals surface area contributed by atoms with Gasteiger partial charge in [0.1, 0.15) is 0 Å². The third-order valence-corrected chi connectivity index (χ3v) is 7.87. The lowest BCUT2D eigenvalue weighted by Crippen LogP contribution is -2.48. The third-order valence-electron chi connectivity index (χ3n) is 5.63. The number of aromatic nitrogens is 2. The summed E-state index contributed by atoms with van der Waals surface area (Å²) in [4.78, 5) is 6.90. The minimum Gasteiger partial charge on any atom is -0.334 e. The SMILES string of the molecule is CC(C)(C)c1ccc(S(=O)(=O)N2CCN(Cc3noc(-c4ccccc4Cl)n3)CC2)cc1. The highest BCUT2D eigenvalue weighted by Gasteiger charge is 2.29. The molecular weight excluding hydrogens is 448 g/mol. The fraction of sp³-hybridized carbons (Fsp3) is 0.391. The van der Waals surface area contributed by atoms with Crippen LogP contribution in [0.25, 0.3) is 11.5 Å². The van der Waals surface area contributed by atoms with E-state index in [-0.39, 0.29) is 5.41 Å². The lowest BCUT2D eigenvalue weighted by molar-refractivity contribution is 0.176. The van der Waals surface area contributed by atoms with Crippen LogP contribution >= 0.6 is 11.6 Å². The van der Waals surface area contributed by atoms with E-state index in [9.17, 15) is 8.42 Å². The van der Waals surface area contributed by atoms with Crippen molar-refractivity contribution in [2.75, 3.05) is 26.2 Å². The van der Waals surface area contributed by atoms with Crippen molar-refractivity contribution in [2.45, 2.75) is 37.6 Å². The van der Waals surface area contributed by atoms with Crippen molar-refractivity contribution < 1.29 is 12.9 Å². The van der Waals surface area contributed by atoms with Gasteiger partial charge in [0.15, 0.2) is 5.82 Å². The summed E-state index contributed by atoms with van der Waals surface area (Å²) in [5, 5.41) is 4.61. The van der Waals surface area contributed by atoms with E-state index in [1.165, 1.54) is 0 Å². The number of rotatable bonds is 5. The Morgan fingerprint density at radius 1 is 1.00 bits per heavy atom. The standard InChI is InChI=1S/C23H27ClN4O3S/c1-23(2,3)17-8-10-18(11-9-17)32(29,30)28-14-12-27(13-15-28)16-21-25-22(31-26-21)19-6-4-5-7-20(19)24/h4-11H,12-16H2,1-3H3. The summed E-state index contributed by atoms with van der Waals surface area (Å²) in [5.74, 6) is 0.930. The molecule has 0 saturated carbocycles. The van der Waals surface area contributed by atoms with E-state index >= 15 is 0 Å². The average molecular weight is 475 g/mol. The molecule has 0 radical (unpaired) electrons. The zero-order valence-corrected chi connectivity index (χ0v) is 20.0. The summed E-state index contributed by atoms with van der Waals surface area (Å²) in [7, 11) is -3.52. The Bertz CT molecular complexity index is 1180. The van der Waals surface area contributed by atoms with Crippen molar-refractivity contribution >= 4 is 21.6 Å². The molecule has 2 heterocycles. The maximum atomic E-state index is 13.1. The molecule has 0 aliphatic carbocycles. The lowest BCUT2D eigenvalue weighted by Gasteiger charge is -2.33. The van der Waals surface area contributed by atoms with Crippen LogP contribution in [0.3, 0.4) is 0 Å². The Labute approximate surface area is 194 Å². The van der Waals surface area contributed by atoms with Gasteiger partial charge >= 0.3 is 0 Å². The molecule has 1 aromatic heterocycles. The van der Waals surface area contributed by atoms with Crippen molar-refractivity contribution in [3.63, 3.8) is 0 Å². The molecule has 0 bridgehead atoms. The molecule has 0 N–H and O–H groups in total. The minimum atomic E-state index is -3.52. The Kier molecular flexibility index (Phi) is 6.40. The maximum Gasteiger partial charge on any atom is 0.259 e. The van der Waals surface area contributed by atoms with Crippen molar-refractivity contribution in [1.29, 1.82) is 0 Å². The summed E-state index contributed by atoms with van der Waals surface area (Å²) in [6.07, 6.45) is 0. The molecule has 32 heavy (non-hydrogen) atoms. The molecule has 1 aliphatic rings. The molecule has 7 nitrogen and oxygen atoms in total. The molecule has 3 aromatic rings. The van der Waals surface area contributed by atoms with Gasteiger partial charge in [-0.05, 0) is 35.2 Å². The predicted molar refractivity (Wildman–Crippen MR) is 124 cm³/mol. The highest BCUT2D eigenvalue weighted by atomic mass is 35.5. The fourth-order valence-corrected chi connectivity index (χ4v) is 5.30. The molecular formula is C23H27ClN4O3S. The van der Waals surface area contributed by atoms with E-state index in [2.05, 4.69) is 35.8 Å². The zero-order valence-electron chi connectivity index (χ0n) is 18.5. The van der Waals surface area contributed by atoms with Gasteiger partial charge in [-0.3, -0.25) is 4.90 Å². The molecule has 0 spiro atoms. The number of hydrogen-bond acceptors (Lipinski definition) is 6. The summed E-state index contributed by atoms with van der Waals surface area (Å²) >= 11 is 6.20. The molecule has 0 unspecified atom stereocenters. The Hall–Kier alpha value is -2.26. The molecule has 9 heteroatoms. The van der Waals surface area contributed by atoms with Crippen molar-refractivity contribution in [3.8, 4) is 11.5 Å². The van der Waals surface area contributed by atoms with Crippen LogP contribution in [-0.4, -0.2) is 53.9 Å². The van der Waals surface area contributed by atoms with Gasteiger partial charge in [0, 0.05) is 26.2 Å². The average Bonchev–Trinajstić information content (AvgIpc) is 3.22. The topological polar surface area (TPSA) is 79.5 Å². The number of nitrogens with zero attached hydrogens (tertiary/aromatic N) is 4. The zero-order chi connectivity index (χ0) is 22.9. The molecule has 1 aliphatic heterocycles. The van der Waals surface area contributed by atoms with E-state index in [1.807, 2.05) is 30.3 Å². The Morgan fingerprint density at radius 2 is 1.66 bits per heavy atom. The molecule has 1 fully saturated rings. The molecule has 0 amide bonds. The largest absolute Gasteiger partial charge is 0.334 e. The second-order valence-corrected chi connectivity index (χ2v) is 11.3. The lowest BCUT2D eigenvalue weighted by atomic mass is 9.87. The summed E-state index contributed by atoms with van der Waals surface area (Å²) in [5.41, 5.74) is 1.79. The Morgan fingerprint density at radius 3 is 2.28 bits per heavy atom. The van der Waals surface area contributed by atoms with Gasteiger partial charge in [0.05, 0.1) is 22.0 Å². The number of benzene rings is 2. The van der Waals surface area contributed by atoms with Crippen LogP contribution in [0.5, 0.6) is 0 Å². The van der Waals surface area contributed by atoms with Crippen molar-refractivity contribution in [1.82, 2.24) is 19.3 Å². The second kappa shape index (κ2) is 8.94. The normalized spacial score (nSPS) is 16.4. The van der Waals surface area contributed by atoms with Gasteiger partial charge < -0.3 is 4.52 Å². The molecule has 4 rings (SSSR count). The summed E-state index contributed by atoms with van der Waals surface area (Å²) in [6.45, 7) is 8.83. The maximum absolute atomic E-state index is 13.1. The van der Waals surface area contributed by atoms with Gasteiger partial charge in [0.25, 0.3) is 5.89 Å². The first kappa shape index (κ1) is 22.9. The second-order valence-electron chi connectivity index (χ2n) is 8.95. The van der Waals surface area contributed by atoms with Crippen LogP contribution in [0, 0.1) is 0 Å². The van der Waals surface area contributed by atoms with Crippen LogP contribution in [0.2, 0.25) is 5.02 Å². The molecule has 2 aromatic carbocycles. The highest BCUT2D eigenvalue weighted by Crippen LogP contribution is 2.27. The quantitative estimate of drug-likeness (QED) is 0.551. The van der Waals surface area contributed by atoms with Crippen molar-refractivity contribution in [2.24, 2.45) is 0 Å². The highest BCUT2D eigenvalue weighted by molar-refractivity contribution is 7.89. The van der Waals surface area contributed by atoms with E-state index in [1.54, 1.807) is 22.5 Å². The summed E-state index contributed by atoms with van der Waals surface area (Å²) in [6, 6.07) is 14.5. The fourth-order valence-electron chi connectivity index (χ4n) is 3.67. The molecule has 170 valence electrons. The monoisotopic (exact) mass is 474 g/mol. The van der Waals surface area contributed by atoms with E-state index < -0.39 is 10.0 Å². The van der Waals surface area contributed by atoms with Crippen LogP contribution < -0.4 is 0 Å².